The average Bonchev–Trinajstić information content (AvgIpc) is 2.19. The van der Waals surface area contributed by atoms with Crippen LogP contribution in [0.2, 0.25) is 0 Å². The van der Waals surface area contributed by atoms with Crippen molar-refractivity contribution in [2.45, 2.75) is 37.7 Å². The summed E-state index contributed by atoms with van der Waals surface area (Å²) in [5.41, 5.74) is 5.81. The Bertz CT molecular complexity index is 196. The van der Waals surface area contributed by atoms with E-state index in [2.05, 4.69) is 6.58 Å². The molecule has 4 N–H and O–H groups in total. The van der Waals surface area contributed by atoms with Gasteiger partial charge in [0, 0.05) is 5.92 Å². The summed E-state index contributed by atoms with van der Waals surface area (Å²) in [6.45, 7) is 5.35. The van der Waals surface area contributed by atoms with E-state index in [0.29, 0.717) is 6.42 Å². The van der Waals surface area contributed by atoms with E-state index in [9.17, 15) is 5.11 Å². The molecule has 14 heavy (non-hydrogen) atoms. The maximum absolute atomic E-state index is 9.79. The molecule has 1 heterocycles. The minimum atomic E-state index is -0.620. The maximum Gasteiger partial charge on any atom is 0.0861 e. The highest BCUT2D eigenvalue weighted by Crippen LogP contribution is 2.26. The van der Waals surface area contributed by atoms with Gasteiger partial charge in [0.25, 0.3) is 0 Å². The second kappa shape index (κ2) is 4.89. The summed E-state index contributed by atoms with van der Waals surface area (Å²) in [5, 5.41) is 18.8. The Morgan fingerprint density at radius 3 is 2.64 bits per heavy atom. The van der Waals surface area contributed by atoms with Crippen molar-refractivity contribution >= 4 is 0 Å². The van der Waals surface area contributed by atoms with Crippen LogP contribution in [0, 0.1) is 5.92 Å². The zero-order valence-electron chi connectivity index (χ0n) is 8.47. The van der Waals surface area contributed by atoms with E-state index in [1.54, 1.807) is 6.08 Å². The van der Waals surface area contributed by atoms with Gasteiger partial charge < -0.3 is 20.7 Å². The number of aliphatic hydroxyl groups is 2. The Morgan fingerprint density at radius 1 is 1.50 bits per heavy atom. The molecule has 0 aromatic heterocycles. The lowest BCUT2D eigenvalue weighted by Gasteiger charge is -2.41. The summed E-state index contributed by atoms with van der Waals surface area (Å²) in [6.07, 6.45) is 1.12. The third kappa shape index (κ3) is 2.15. The van der Waals surface area contributed by atoms with Crippen molar-refractivity contribution in [1.29, 1.82) is 0 Å². The predicted molar refractivity (Wildman–Crippen MR) is 53.7 cm³/mol. The first-order valence-electron chi connectivity index (χ1n) is 4.92. The maximum atomic E-state index is 9.79. The highest BCUT2D eigenvalue weighted by Gasteiger charge is 2.39. The third-order valence-electron chi connectivity index (χ3n) is 2.88. The van der Waals surface area contributed by atoms with Crippen molar-refractivity contribution in [2.24, 2.45) is 11.7 Å². The van der Waals surface area contributed by atoms with E-state index in [-0.39, 0.29) is 24.7 Å². The minimum absolute atomic E-state index is 0.0847. The summed E-state index contributed by atoms with van der Waals surface area (Å²) >= 11 is 0. The number of rotatable bonds is 3. The van der Waals surface area contributed by atoms with E-state index in [1.165, 1.54) is 0 Å². The van der Waals surface area contributed by atoms with E-state index >= 15 is 0 Å². The molecule has 1 aliphatic rings. The van der Waals surface area contributed by atoms with Gasteiger partial charge in [-0.3, -0.25) is 0 Å². The second-order valence-corrected chi connectivity index (χ2v) is 3.85. The zero-order chi connectivity index (χ0) is 10.7. The van der Waals surface area contributed by atoms with Crippen molar-refractivity contribution in [3.63, 3.8) is 0 Å². The first kappa shape index (κ1) is 11.7. The number of ether oxygens (including phenoxy) is 1. The lowest BCUT2D eigenvalue weighted by molar-refractivity contribution is -0.154. The van der Waals surface area contributed by atoms with Gasteiger partial charge in [-0.2, -0.15) is 0 Å². The summed E-state index contributed by atoms with van der Waals surface area (Å²) < 4.78 is 5.56. The van der Waals surface area contributed by atoms with Crippen LogP contribution in [0.5, 0.6) is 0 Å². The molecular formula is C10H19NO3. The molecule has 0 amide bonds. The summed E-state index contributed by atoms with van der Waals surface area (Å²) in [4.78, 5) is 0. The number of hydrogen-bond donors (Lipinski definition) is 3. The second-order valence-electron chi connectivity index (χ2n) is 3.85. The first-order chi connectivity index (χ1) is 6.61. The Balaban J connectivity index is 2.67. The lowest BCUT2D eigenvalue weighted by atomic mass is 9.86. The van der Waals surface area contributed by atoms with Crippen LogP contribution in [0.4, 0.5) is 0 Å². The zero-order valence-corrected chi connectivity index (χ0v) is 8.47. The molecule has 4 heteroatoms. The normalized spacial score (nSPS) is 43.6. The van der Waals surface area contributed by atoms with Crippen LogP contribution < -0.4 is 5.73 Å². The Kier molecular flexibility index (Phi) is 4.07. The van der Waals surface area contributed by atoms with Crippen LogP contribution in [0.1, 0.15) is 13.3 Å². The van der Waals surface area contributed by atoms with Gasteiger partial charge in [0.2, 0.25) is 0 Å². The van der Waals surface area contributed by atoms with Gasteiger partial charge in [0.05, 0.1) is 31.0 Å². The molecule has 0 spiro atoms. The van der Waals surface area contributed by atoms with Gasteiger partial charge in [0.15, 0.2) is 0 Å². The van der Waals surface area contributed by atoms with Crippen molar-refractivity contribution in [3.8, 4) is 0 Å². The fraction of sp³-hybridized carbons (Fsp3) is 0.800. The van der Waals surface area contributed by atoms with Crippen molar-refractivity contribution < 1.29 is 14.9 Å². The molecule has 0 bridgehead atoms. The largest absolute Gasteiger partial charge is 0.394 e. The van der Waals surface area contributed by atoms with E-state index in [1.807, 2.05) is 6.92 Å². The van der Waals surface area contributed by atoms with Crippen LogP contribution in [0.15, 0.2) is 12.7 Å². The Hall–Kier alpha value is -0.420. The Morgan fingerprint density at radius 2 is 2.14 bits per heavy atom. The van der Waals surface area contributed by atoms with Gasteiger partial charge in [-0.25, -0.2) is 0 Å². The molecule has 1 fully saturated rings. The summed E-state index contributed by atoms with van der Waals surface area (Å²) in [7, 11) is 0. The standard InChI is InChI=1S/C10H19NO3/c1-3-4-7-9(11)10(13)6(2)8(5-12)14-7/h3,6-10,12-13H,1,4-5,11H2,2H3/t6-,7-,8?,9?,10?/m1/s1. The van der Waals surface area contributed by atoms with Crippen LogP contribution in [-0.2, 0) is 4.74 Å². The SMILES string of the molecule is C=CC[C@H]1OC(CO)[C@@H](C)C(O)C1N. The molecule has 1 rings (SSSR count). The summed E-state index contributed by atoms with van der Waals surface area (Å²) in [5.74, 6) is -0.129. The van der Waals surface area contributed by atoms with Crippen molar-refractivity contribution in [3.05, 3.63) is 12.7 Å². The molecule has 1 saturated heterocycles. The molecule has 4 nitrogen and oxygen atoms in total. The van der Waals surface area contributed by atoms with Gasteiger partial charge in [-0.05, 0) is 6.42 Å². The molecular weight excluding hydrogens is 182 g/mol. The highest BCUT2D eigenvalue weighted by atomic mass is 16.5. The number of aliphatic hydroxyl groups excluding tert-OH is 2. The first-order valence-corrected chi connectivity index (χ1v) is 4.92. The predicted octanol–water partition coefficient (Wildman–Crippen LogP) is -0.354. The molecule has 0 radical (unpaired) electrons. The smallest absolute Gasteiger partial charge is 0.0861 e. The average molecular weight is 201 g/mol. The fourth-order valence-electron chi connectivity index (χ4n) is 1.82. The van der Waals surface area contributed by atoms with Crippen LogP contribution in [0.3, 0.4) is 0 Å². The van der Waals surface area contributed by atoms with Crippen LogP contribution >= 0.6 is 0 Å². The van der Waals surface area contributed by atoms with Gasteiger partial charge in [-0.15, -0.1) is 6.58 Å². The minimum Gasteiger partial charge on any atom is -0.394 e. The lowest BCUT2D eigenvalue weighted by Crippen LogP contribution is -2.58. The third-order valence-corrected chi connectivity index (χ3v) is 2.88. The quantitative estimate of drug-likeness (QED) is 0.545. The van der Waals surface area contributed by atoms with Gasteiger partial charge in [-0.1, -0.05) is 13.0 Å². The Labute approximate surface area is 84.4 Å². The molecule has 5 atom stereocenters. The van der Waals surface area contributed by atoms with E-state index in [0.717, 1.165) is 0 Å². The van der Waals surface area contributed by atoms with Gasteiger partial charge in [0.1, 0.15) is 0 Å². The molecule has 3 unspecified atom stereocenters. The van der Waals surface area contributed by atoms with Gasteiger partial charge >= 0.3 is 0 Å². The molecule has 1 aliphatic heterocycles. The molecule has 0 aromatic carbocycles. The van der Waals surface area contributed by atoms with Crippen LogP contribution in [-0.4, -0.2) is 41.2 Å². The molecule has 82 valence electrons. The molecule has 0 saturated carbocycles. The van der Waals surface area contributed by atoms with E-state index in [4.69, 9.17) is 15.6 Å². The topological polar surface area (TPSA) is 75.7 Å². The monoisotopic (exact) mass is 201 g/mol. The highest BCUT2D eigenvalue weighted by molar-refractivity contribution is 4.94. The van der Waals surface area contributed by atoms with Crippen molar-refractivity contribution in [2.75, 3.05) is 6.61 Å². The fourth-order valence-corrected chi connectivity index (χ4v) is 1.82. The number of nitrogens with two attached hydrogens (primary N) is 1. The summed E-state index contributed by atoms with van der Waals surface area (Å²) in [6, 6.07) is -0.397. The molecule has 0 aliphatic carbocycles. The number of hydrogen-bond acceptors (Lipinski definition) is 4. The van der Waals surface area contributed by atoms with Crippen LogP contribution in [0.25, 0.3) is 0 Å². The van der Waals surface area contributed by atoms with Crippen molar-refractivity contribution in [1.82, 2.24) is 0 Å². The van der Waals surface area contributed by atoms with E-state index < -0.39 is 12.1 Å². The molecule has 0 aromatic rings.